The lowest BCUT2D eigenvalue weighted by atomic mass is 10.0. The fourth-order valence-electron chi connectivity index (χ4n) is 3.64. The predicted molar refractivity (Wildman–Crippen MR) is 100 cm³/mol. The molecule has 3 heteroatoms. The second-order valence-corrected chi connectivity index (χ2v) is 6.63. The third kappa shape index (κ3) is 3.10. The van der Waals surface area contributed by atoms with Crippen LogP contribution >= 0.6 is 0 Å². The van der Waals surface area contributed by atoms with E-state index in [0.717, 1.165) is 18.7 Å². The number of carbonyl (C=O) groups excluding carboxylic acids is 1. The minimum absolute atomic E-state index is 0.139. The van der Waals surface area contributed by atoms with E-state index in [9.17, 15) is 4.79 Å². The van der Waals surface area contributed by atoms with E-state index >= 15 is 0 Å². The van der Waals surface area contributed by atoms with Gasteiger partial charge in [0.25, 0.3) is 0 Å². The molecule has 0 radical (unpaired) electrons. The van der Waals surface area contributed by atoms with Gasteiger partial charge in [-0.15, -0.1) is 0 Å². The number of hydrogen-bond acceptors (Lipinski definition) is 1. The molecule has 0 fully saturated rings. The van der Waals surface area contributed by atoms with Crippen molar-refractivity contribution in [2.45, 2.75) is 25.9 Å². The minimum atomic E-state index is 0.139. The van der Waals surface area contributed by atoms with Gasteiger partial charge >= 0.3 is 0 Å². The van der Waals surface area contributed by atoms with E-state index in [-0.39, 0.29) is 11.9 Å². The molecular formula is C22H22N2O. The molecule has 0 bridgehead atoms. The first-order chi connectivity index (χ1) is 12.2. The topological polar surface area (TPSA) is 25.2 Å². The summed E-state index contributed by atoms with van der Waals surface area (Å²) in [6, 6.07) is 22.9. The fraction of sp³-hybridized carbons (Fsp3) is 0.227. The molecule has 1 unspecified atom stereocenters. The van der Waals surface area contributed by atoms with E-state index in [4.69, 9.17) is 0 Å². The summed E-state index contributed by atoms with van der Waals surface area (Å²) in [6.45, 7) is 3.77. The Bertz CT molecular complexity index is 865. The molecule has 1 aromatic heterocycles. The Morgan fingerprint density at radius 2 is 1.64 bits per heavy atom. The van der Waals surface area contributed by atoms with Crippen LogP contribution in [0.3, 0.4) is 0 Å². The van der Waals surface area contributed by atoms with Crippen molar-refractivity contribution in [1.82, 2.24) is 9.47 Å². The molecule has 1 aliphatic rings. The Kier molecular flexibility index (Phi) is 4.14. The van der Waals surface area contributed by atoms with Crippen LogP contribution in [0.2, 0.25) is 0 Å². The van der Waals surface area contributed by atoms with Crippen molar-refractivity contribution >= 4 is 5.91 Å². The van der Waals surface area contributed by atoms with Crippen molar-refractivity contribution in [3.8, 4) is 11.1 Å². The standard InChI is InChI=1S/C22H22N2O/c1-17-21-8-5-13-23(21)14-15-24(17)22(25)16-18-9-11-20(12-10-18)19-6-3-2-4-7-19/h2-13,17H,14-16H2,1H3. The zero-order valence-corrected chi connectivity index (χ0v) is 14.4. The fourth-order valence-corrected chi connectivity index (χ4v) is 3.64. The highest BCUT2D eigenvalue weighted by molar-refractivity contribution is 5.79. The number of fused-ring (bicyclic) bond motifs is 1. The average Bonchev–Trinajstić information content (AvgIpc) is 3.13. The molecule has 1 amide bonds. The summed E-state index contributed by atoms with van der Waals surface area (Å²) < 4.78 is 2.24. The summed E-state index contributed by atoms with van der Waals surface area (Å²) in [5.41, 5.74) is 4.67. The van der Waals surface area contributed by atoms with Gasteiger partial charge in [0.05, 0.1) is 12.5 Å². The van der Waals surface area contributed by atoms with Gasteiger partial charge in [0.2, 0.25) is 5.91 Å². The first-order valence-electron chi connectivity index (χ1n) is 8.81. The molecule has 0 saturated carbocycles. The van der Waals surface area contributed by atoms with Crippen LogP contribution < -0.4 is 0 Å². The van der Waals surface area contributed by atoms with Gasteiger partial charge in [-0.1, -0.05) is 54.6 Å². The molecule has 25 heavy (non-hydrogen) atoms. The van der Waals surface area contributed by atoms with Crippen molar-refractivity contribution in [3.05, 3.63) is 84.2 Å². The first kappa shape index (κ1) is 15.7. The summed E-state index contributed by atoms with van der Waals surface area (Å²) in [4.78, 5) is 14.8. The highest BCUT2D eigenvalue weighted by atomic mass is 16.2. The highest BCUT2D eigenvalue weighted by Gasteiger charge is 2.27. The van der Waals surface area contributed by atoms with E-state index < -0.39 is 0 Å². The van der Waals surface area contributed by atoms with Gasteiger partial charge in [0.15, 0.2) is 0 Å². The lowest BCUT2D eigenvalue weighted by molar-refractivity contribution is -0.133. The van der Waals surface area contributed by atoms with Gasteiger partial charge in [-0.25, -0.2) is 0 Å². The van der Waals surface area contributed by atoms with Crippen molar-refractivity contribution in [1.29, 1.82) is 0 Å². The van der Waals surface area contributed by atoms with Crippen LogP contribution in [0.1, 0.15) is 24.2 Å². The number of benzene rings is 2. The molecule has 0 saturated heterocycles. The van der Waals surface area contributed by atoms with E-state index in [1.165, 1.54) is 16.8 Å². The Balaban J connectivity index is 1.46. The minimum Gasteiger partial charge on any atom is -0.348 e. The van der Waals surface area contributed by atoms with Gasteiger partial charge in [0, 0.05) is 25.0 Å². The van der Waals surface area contributed by atoms with Crippen molar-refractivity contribution in [2.75, 3.05) is 6.54 Å². The molecule has 3 nitrogen and oxygen atoms in total. The van der Waals surface area contributed by atoms with E-state index in [0.29, 0.717) is 6.42 Å². The molecule has 1 aliphatic heterocycles. The Morgan fingerprint density at radius 1 is 0.920 bits per heavy atom. The van der Waals surface area contributed by atoms with Crippen LogP contribution in [0.5, 0.6) is 0 Å². The normalized spacial score (nSPS) is 16.5. The molecule has 1 atom stereocenters. The molecule has 2 aromatic carbocycles. The van der Waals surface area contributed by atoms with E-state index in [2.05, 4.69) is 66.2 Å². The highest BCUT2D eigenvalue weighted by Crippen LogP contribution is 2.26. The summed E-state index contributed by atoms with van der Waals surface area (Å²) in [5, 5.41) is 0. The molecule has 0 N–H and O–H groups in total. The number of hydrogen-bond donors (Lipinski definition) is 0. The predicted octanol–water partition coefficient (Wildman–Crippen LogP) is 4.30. The first-order valence-corrected chi connectivity index (χ1v) is 8.81. The molecule has 0 spiro atoms. The summed E-state index contributed by atoms with van der Waals surface area (Å²) in [7, 11) is 0. The molecule has 2 heterocycles. The maximum absolute atomic E-state index is 12.8. The maximum atomic E-state index is 12.8. The SMILES string of the molecule is CC1c2cccn2CCN1C(=O)Cc1ccc(-c2ccccc2)cc1. The number of aromatic nitrogens is 1. The van der Waals surface area contributed by atoms with Gasteiger partial charge in [0.1, 0.15) is 0 Å². The summed E-state index contributed by atoms with van der Waals surface area (Å²) >= 11 is 0. The second kappa shape index (κ2) is 6.60. The number of carbonyl (C=O) groups is 1. The molecule has 126 valence electrons. The van der Waals surface area contributed by atoms with Crippen LogP contribution in [0.15, 0.2) is 72.9 Å². The van der Waals surface area contributed by atoms with E-state index in [1.54, 1.807) is 0 Å². The maximum Gasteiger partial charge on any atom is 0.227 e. The summed E-state index contributed by atoms with van der Waals surface area (Å²) in [5.74, 6) is 0.201. The Labute approximate surface area is 148 Å². The van der Waals surface area contributed by atoms with Crippen LogP contribution in [0.4, 0.5) is 0 Å². The van der Waals surface area contributed by atoms with Crippen molar-refractivity contribution in [3.63, 3.8) is 0 Å². The quantitative estimate of drug-likeness (QED) is 0.703. The largest absolute Gasteiger partial charge is 0.348 e. The smallest absolute Gasteiger partial charge is 0.227 e. The van der Waals surface area contributed by atoms with Gasteiger partial charge in [-0.05, 0) is 35.7 Å². The average molecular weight is 330 g/mol. The second-order valence-electron chi connectivity index (χ2n) is 6.63. The van der Waals surface area contributed by atoms with Gasteiger partial charge in [-0.3, -0.25) is 4.79 Å². The van der Waals surface area contributed by atoms with Crippen LogP contribution in [-0.2, 0) is 17.8 Å². The zero-order chi connectivity index (χ0) is 17.2. The van der Waals surface area contributed by atoms with Crippen molar-refractivity contribution in [2.24, 2.45) is 0 Å². The molecular weight excluding hydrogens is 308 g/mol. The van der Waals surface area contributed by atoms with E-state index in [1.807, 2.05) is 23.1 Å². The molecule has 0 aliphatic carbocycles. The third-order valence-electron chi connectivity index (χ3n) is 5.08. The number of nitrogens with zero attached hydrogens (tertiary/aromatic N) is 2. The number of rotatable bonds is 3. The van der Waals surface area contributed by atoms with Crippen molar-refractivity contribution < 1.29 is 4.79 Å². The monoisotopic (exact) mass is 330 g/mol. The molecule has 3 aromatic rings. The Morgan fingerprint density at radius 3 is 2.40 bits per heavy atom. The zero-order valence-electron chi connectivity index (χ0n) is 14.4. The van der Waals surface area contributed by atoms with Crippen LogP contribution in [-0.4, -0.2) is 21.9 Å². The summed E-state index contributed by atoms with van der Waals surface area (Å²) in [6.07, 6.45) is 2.55. The number of amides is 1. The Hall–Kier alpha value is -2.81. The third-order valence-corrected chi connectivity index (χ3v) is 5.08. The van der Waals surface area contributed by atoms with Crippen LogP contribution in [0.25, 0.3) is 11.1 Å². The van der Waals surface area contributed by atoms with Crippen LogP contribution in [0, 0.1) is 0 Å². The molecule has 4 rings (SSSR count). The lowest BCUT2D eigenvalue weighted by Crippen LogP contribution is -2.41. The van der Waals surface area contributed by atoms with Gasteiger partial charge < -0.3 is 9.47 Å². The van der Waals surface area contributed by atoms with Gasteiger partial charge in [-0.2, -0.15) is 0 Å². The lowest BCUT2D eigenvalue weighted by Gasteiger charge is -2.35.